The monoisotopic (exact) mass is 425 g/mol. The van der Waals surface area contributed by atoms with Crippen LogP contribution >= 0.6 is 11.3 Å². The van der Waals surface area contributed by atoms with Gasteiger partial charge >= 0.3 is 6.09 Å². The number of benzene rings is 1. The molecule has 0 bridgehead atoms. The van der Waals surface area contributed by atoms with Gasteiger partial charge in [-0.15, -0.1) is 11.3 Å². The smallest absolute Gasteiger partial charge is 0.404 e. The topological polar surface area (TPSA) is 109 Å². The molecular formula is C17H13F2N3O4S2. The molecule has 0 aliphatic carbocycles. The Kier molecular flexibility index (Phi) is 5.66. The summed E-state index contributed by atoms with van der Waals surface area (Å²) in [5, 5.41) is 11.1. The molecule has 11 heteroatoms. The molecular weight excluding hydrogens is 412 g/mol. The summed E-state index contributed by atoms with van der Waals surface area (Å²) in [5.74, 6) is -1.63. The molecule has 0 atom stereocenters. The Balaban J connectivity index is 2.11. The fraction of sp³-hybridized carbons (Fsp3) is 0.118. The van der Waals surface area contributed by atoms with Crippen LogP contribution in [0.2, 0.25) is 0 Å². The van der Waals surface area contributed by atoms with E-state index in [0.29, 0.717) is 0 Å². The first-order chi connectivity index (χ1) is 13.3. The summed E-state index contributed by atoms with van der Waals surface area (Å²) in [4.78, 5) is 18.0. The van der Waals surface area contributed by atoms with Gasteiger partial charge < -0.3 is 10.4 Å². The Morgan fingerprint density at radius 1 is 1.21 bits per heavy atom. The standard InChI is InChI=1S/C17H13F2N3O4S2/c18-10-3-1-4-11(9-10)28(25,26)16-14(12-5-2-7-20-15(12)19)22-13(27-16)6-8-21-17(23)24/h1-5,7,9,21H,6,8H2,(H,23,24). The lowest BCUT2D eigenvalue weighted by molar-refractivity contribution is 0.194. The molecule has 2 aromatic heterocycles. The van der Waals surface area contributed by atoms with Gasteiger partial charge in [0.1, 0.15) is 11.5 Å². The lowest BCUT2D eigenvalue weighted by atomic mass is 10.2. The molecule has 0 aliphatic heterocycles. The van der Waals surface area contributed by atoms with Crippen molar-refractivity contribution in [3.63, 3.8) is 0 Å². The van der Waals surface area contributed by atoms with Gasteiger partial charge in [0.2, 0.25) is 15.8 Å². The summed E-state index contributed by atoms with van der Waals surface area (Å²) in [6.45, 7) is -0.00272. The predicted molar refractivity (Wildman–Crippen MR) is 96.9 cm³/mol. The number of carboxylic acid groups (broad SMARTS) is 1. The molecule has 0 aliphatic rings. The zero-order chi connectivity index (χ0) is 20.3. The third kappa shape index (κ3) is 4.15. The molecule has 3 aromatic rings. The van der Waals surface area contributed by atoms with E-state index in [0.717, 1.165) is 23.5 Å². The number of amides is 1. The zero-order valence-corrected chi connectivity index (χ0v) is 15.7. The second kappa shape index (κ2) is 7.98. The van der Waals surface area contributed by atoms with Gasteiger partial charge in [0.15, 0.2) is 4.21 Å². The van der Waals surface area contributed by atoms with E-state index in [1.807, 2.05) is 0 Å². The highest BCUT2D eigenvalue weighted by Crippen LogP contribution is 2.36. The Hall–Kier alpha value is -2.92. The largest absolute Gasteiger partial charge is 0.465 e. The second-order valence-electron chi connectivity index (χ2n) is 5.53. The van der Waals surface area contributed by atoms with Crippen LogP contribution in [0.1, 0.15) is 5.01 Å². The highest BCUT2D eigenvalue weighted by atomic mass is 32.2. The molecule has 3 rings (SSSR count). The molecule has 0 unspecified atom stereocenters. The van der Waals surface area contributed by atoms with Gasteiger partial charge in [0, 0.05) is 19.2 Å². The van der Waals surface area contributed by atoms with E-state index in [1.54, 1.807) is 0 Å². The number of carbonyl (C=O) groups is 1. The molecule has 2 N–H and O–H groups in total. The maximum absolute atomic E-state index is 14.2. The van der Waals surface area contributed by atoms with Crippen LogP contribution in [0.4, 0.5) is 13.6 Å². The Labute approximate surface area is 162 Å². The van der Waals surface area contributed by atoms with Gasteiger partial charge in [-0.3, -0.25) is 0 Å². The molecule has 0 spiro atoms. The van der Waals surface area contributed by atoms with Crippen LogP contribution in [0.25, 0.3) is 11.3 Å². The summed E-state index contributed by atoms with van der Waals surface area (Å²) in [6, 6.07) is 7.22. The summed E-state index contributed by atoms with van der Waals surface area (Å²) >= 11 is 0.773. The van der Waals surface area contributed by atoms with Gasteiger partial charge in [-0.2, -0.15) is 4.39 Å². The van der Waals surface area contributed by atoms with E-state index in [1.165, 1.54) is 30.5 Å². The highest BCUT2D eigenvalue weighted by Gasteiger charge is 2.28. The number of rotatable bonds is 6. The molecule has 0 radical (unpaired) electrons. The minimum Gasteiger partial charge on any atom is -0.465 e. The van der Waals surface area contributed by atoms with Gasteiger partial charge in [-0.05, 0) is 30.3 Å². The van der Waals surface area contributed by atoms with E-state index < -0.39 is 27.7 Å². The number of thiazole rings is 1. The normalized spacial score (nSPS) is 11.4. The molecule has 1 aromatic carbocycles. The van der Waals surface area contributed by atoms with Crippen LogP contribution in [-0.4, -0.2) is 36.1 Å². The molecule has 0 saturated heterocycles. The average molecular weight is 425 g/mol. The van der Waals surface area contributed by atoms with Crippen molar-refractivity contribution in [2.45, 2.75) is 15.5 Å². The Bertz CT molecular complexity index is 1130. The van der Waals surface area contributed by atoms with Gasteiger partial charge in [-0.25, -0.2) is 27.6 Å². The number of halogens is 2. The quantitative estimate of drug-likeness (QED) is 0.588. The van der Waals surface area contributed by atoms with Crippen molar-refractivity contribution in [3.8, 4) is 11.3 Å². The minimum absolute atomic E-state index is 0.00272. The molecule has 0 fully saturated rings. The minimum atomic E-state index is -4.19. The molecule has 146 valence electrons. The number of hydrogen-bond acceptors (Lipinski definition) is 6. The van der Waals surface area contributed by atoms with Crippen molar-refractivity contribution in [3.05, 3.63) is 59.4 Å². The van der Waals surface area contributed by atoms with Gasteiger partial charge in [0.25, 0.3) is 0 Å². The second-order valence-corrected chi connectivity index (χ2v) is 8.76. The van der Waals surface area contributed by atoms with Crippen molar-refractivity contribution < 1.29 is 27.1 Å². The number of aromatic nitrogens is 2. The maximum Gasteiger partial charge on any atom is 0.404 e. The van der Waals surface area contributed by atoms with Crippen LogP contribution in [0.3, 0.4) is 0 Å². The molecule has 28 heavy (non-hydrogen) atoms. The number of sulfone groups is 1. The van der Waals surface area contributed by atoms with E-state index in [9.17, 15) is 22.0 Å². The van der Waals surface area contributed by atoms with E-state index >= 15 is 0 Å². The predicted octanol–water partition coefficient (Wildman–Crippen LogP) is 3.13. The van der Waals surface area contributed by atoms with Crippen LogP contribution in [0.5, 0.6) is 0 Å². The highest BCUT2D eigenvalue weighted by molar-refractivity contribution is 7.93. The first-order valence-electron chi connectivity index (χ1n) is 7.87. The van der Waals surface area contributed by atoms with Crippen molar-refractivity contribution in [1.29, 1.82) is 0 Å². The van der Waals surface area contributed by atoms with Crippen molar-refractivity contribution in [1.82, 2.24) is 15.3 Å². The van der Waals surface area contributed by atoms with Crippen molar-refractivity contribution in [2.75, 3.05) is 6.54 Å². The van der Waals surface area contributed by atoms with Crippen LogP contribution in [-0.2, 0) is 16.3 Å². The van der Waals surface area contributed by atoms with Crippen LogP contribution in [0.15, 0.2) is 51.7 Å². The number of nitrogens with zero attached hydrogens (tertiary/aromatic N) is 2. The maximum atomic E-state index is 14.2. The summed E-state index contributed by atoms with van der Waals surface area (Å²) in [5.41, 5.74) is -0.267. The Morgan fingerprint density at radius 3 is 2.68 bits per heavy atom. The molecule has 2 heterocycles. The summed E-state index contributed by atoms with van der Waals surface area (Å²) in [7, 11) is -4.19. The summed E-state index contributed by atoms with van der Waals surface area (Å²) < 4.78 is 53.5. The van der Waals surface area contributed by atoms with Crippen molar-refractivity contribution >= 4 is 27.3 Å². The summed E-state index contributed by atoms with van der Waals surface area (Å²) in [6.07, 6.45) is 0.0800. The average Bonchev–Trinajstić information content (AvgIpc) is 3.06. The number of pyridine rings is 1. The molecule has 0 saturated carbocycles. The van der Waals surface area contributed by atoms with E-state index in [4.69, 9.17) is 5.11 Å². The lowest BCUT2D eigenvalue weighted by Crippen LogP contribution is -2.23. The van der Waals surface area contributed by atoms with Gasteiger partial charge in [-0.1, -0.05) is 6.07 Å². The number of hydrogen-bond donors (Lipinski definition) is 2. The third-order valence-electron chi connectivity index (χ3n) is 3.62. The van der Waals surface area contributed by atoms with Crippen LogP contribution in [0, 0.1) is 11.8 Å². The first kappa shape index (κ1) is 19.8. The Morgan fingerprint density at radius 2 is 2.00 bits per heavy atom. The first-order valence-corrected chi connectivity index (χ1v) is 10.2. The third-order valence-corrected chi connectivity index (χ3v) is 6.99. The molecule has 1 amide bonds. The molecule has 7 nitrogen and oxygen atoms in total. The zero-order valence-electron chi connectivity index (χ0n) is 14.1. The van der Waals surface area contributed by atoms with Crippen molar-refractivity contribution in [2.24, 2.45) is 0 Å². The van der Waals surface area contributed by atoms with Gasteiger partial charge in [0.05, 0.1) is 15.5 Å². The fourth-order valence-corrected chi connectivity index (χ4v) is 5.36. The lowest BCUT2D eigenvalue weighted by Gasteiger charge is -2.05. The van der Waals surface area contributed by atoms with E-state index in [-0.39, 0.29) is 38.3 Å². The SMILES string of the molecule is O=C(O)NCCc1nc(-c2cccnc2F)c(S(=O)(=O)c2cccc(F)c2)s1. The fourth-order valence-electron chi connectivity index (χ4n) is 2.39. The number of nitrogens with one attached hydrogen (secondary N) is 1. The van der Waals surface area contributed by atoms with Crippen LogP contribution < -0.4 is 5.32 Å². The van der Waals surface area contributed by atoms with E-state index in [2.05, 4.69) is 15.3 Å².